The smallest absolute Gasteiger partial charge is 0.0641 e. The Morgan fingerprint density at radius 3 is 2.39 bits per heavy atom. The molecule has 1 atom stereocenters. The van der Waals surface area contributed by atoms with Crippen molar-refractivity contribution < 1.29 is 4.74 Å². The van der Waals surface area contributed by atoms with E-state index in [0.717, 1.165) is 18.6 Å². The van der Waals surface area contributed by atoms with E-state index in [2.05, 4.69) is 26.1 Å². The van der Waals surface area contributed by atoms with Gasteiger partial charge in [0, 0.05) is 18.7 Å². The van der Waals surface area contributed by atoms with Crippen LogP contribution in [0.15, 0.2) is 0 Å². The molecule has 18 heavy (non-hydrogen) atoms. The average molecular weight is 253 g/mol. The van der Waals surface area contributed by atoms with Gasteiger partial charge in [0.2, 0.25) is 0 Å². The molecule has 2 rings (SSSR count). The highest BCUT2D eigenvalue weighted by Crippen LogP contribution is 2.30. The first-order valence-corrected chi connectivity index (χ1v) is 7.99. The maximum absolute atomic E-state index is 5.79. The highest BCUT2D eigenvalue weighted by molar-refractivity contribution is 4.87. The highest BCUT2D eigenvalue weighted by Gasteiger charge is 2.30. The molecule has 2 nitrogen and oxygen atoms in total. The van der Waals surface area contributed by atoms with E-state index in [0.29, 0.717) is 6.04 Å². The van der Waals surface area contributed by atoms with Crippen LogP contribution in [0.2, 0.25) is 0 Å². The fourth-order valence-corrected chi connectivity index (χ4v) is 3.73. The summed E-state index contributed by atoms with van der Waals surface area (Å²) in [5, 5.41) is 3.90. The summed E-state index contributed by atoms with van der Waals surface area (Å²) in [4.78, 5) is 0. The minimum atomic E-state index is 0.0787. The summed E-state index contributed by atoms with van der Waals surface area (Å²) in [7, 11) is 0. The normalized spacial score (nSPS) is 36.5. The Kier molecular flexibility index (Phi) is 5.08. The summed E-state index contributed by atoms with van der Waals surface area (Å²) < 4.78 is 5.79. The van der Waals surface area contributed by atoms with Gasteiger partial charge in [0.15, 0.2) is 0 Å². The fourth-order valence-electron chi connectivity index (χ4n) is 3.73. The Labute approximate surface area is 113 Å². The standard InChI is InChI=1S/C16H31NO/c1-4-5-13-6-8-14(9-7-13)17-15-10-11-18-16(2,3)12-15/h13-15,17H,4-12H2,1-3H3. The zero-order chi connectivity index (χ0) is 13.0. The van der Waals surface area contributed by atoms with E-state index in [1.165, 1.54) is 51.4 Å². The molecule has 0 aromatic carbocycles. The largest absolute Gasteiger partial charge is 0.375 e. The molecular formula is C16H31NO. The lowest BCUT2D eigenvalue weighted by atomic mass is 9.82. The zero-order valence-electron chi connectivity index (χ0n) is 12.5. The summed E-state index contributed by atoms with van der Waals surface area (Å²) in [5.74, 6) is 1.01. The number of nitrogens with one attached hydrogen (secondary N) is 1. The van der Waals surface area contributed by atoms with Crippen LogP contribution in [0.4, 0.5) is 0 Å². The van der Waals surface area contributed by atoms with E-state index in [-0.39, 0.29) is 5.60 Å². The van der Waals surface area contributed by atoms with Gasteiger partial charge < -0.3 is 10.1 Å². The van der Waals surface area contributed by atoms with Crippen LogP contribution in [0.5, 0.6) is 0 Å². The summed E-state index contributed by atoms with van der Waals surface area (Å²) in [6.45, 7) is 7.68. The second-order valence-corrected chi connectivity index (χ2v) is 6.97. The molecule has 2 aliphatic rings. The van der Waals surface area contributed by atoms with Crippen LogP contribution >= 0.6 is 0 Å². The van der Waals surface area contributed by atoms with Gasteiger partial charge in [-0.3, -0.25) is 0 Å². The van der Waals surface area contributed by atoms with Crippen molar-refractivity contribution in [2.45, 2.75) is 89.8 Å². The Morgan fingerprint density at radius 2 is 1.78 bits per heavy atom. The van der Waals surface area contributed by atoms with E-state index in [1.807, 2.05) is 0 Å². The van der Waals surface area contributed by atoms with Crippen LogP contribution < -0.4 is 5.32 Å². The molecule has 1 saturated carbocycles. The van der Waals surface area contributed by atoms with E-state index in [4.69, 9.17) is 4.74 Å². The lowest BCUT2D eigenvalue weighted by Gasteiger charge is -2.39. The van der Waals surface area contributed by atoms with Crippen molar-refractivity contribution >= 4 is 0 Å². The summed E-state index contributed by atoms with van der Waals surface area (Å²) in [6.07, 6.45) is 10.8. The van der Waals surface area contributed by atoms with Crippen molar-refractivity contribution in [2.24, 2.45) is 5.92 Å². The Hall–Kier alpha value is -0.0800. The number of rotatable bonds is 4. The molecule has 0 spiro atoms. The van der Waals surface area contributed by atoms with Gasteiger partial charge in [0.1, 0.15) is 0 Å². The molecule has 1 aliphatic heterocycles. The molecule has 0 aromatic rings. The molecule has 1 N–H and O–H groups in total. The SMILES string of the molecule is CCCC1CCC(NC2CCOC(C)(C)C2)CC1. The van der Waals surface area contributed by atoms with E-state index in [1.54, 1.807) is 0 Å². The van der Waals surface area contributed by atoms with Crippen molar-refractivity contribution in [3.05, 3.63) is 0 Å². The first-order valence-electron chi connectivity index (χ1n) is 7.99. The molecule has 1 saturated heterocycles. The Balaban J connectivity index is 1.71. The van der Waals surface area contributed by atoms with Crippen molar-refractivity contribution in [3.8, 4) is 0 Å². The van der Waals surface area contributed by atoms with Gasteiger partial charge in [0.25, 0.3) is 0 Å². The third kappa shape index (κ3) is 4.24. The van der Waals surface area contributed by atoms with E-state index in [9.17, 15) is 0 Å². The van der Waals surface area contributed by atoms with Gasteiger partial charge >= 0.3 is 0 Å². The molecular weight excluding hydrogens is 222 g/mol. The third-order valence-electron chi connectivity index (χ3n) is 4.71. The molecule has 1 heterocycles. The van der Waals surface area contributed by atoms with Gasteiger partial charge in [-0.15, -0.1) is 0 Å². The van der Waals surface area contributed by atoms with E-state index < -0.39 is 0 Å². The van der Waals surface area contributed by atoms with E-state index >= 15 is 0 Å². The predicted molar refractivity (Wildman–Crippen MR) is 76.8 cm³/mol. The monoisotopic (exact) mass is 253 g/mol. The maximum atomic E-state index is 5.79. The van der Waals surface area contributed by atoms with Gasteiger partial charge in [-0.05, 0) is 58.3 Å². The highest BCUT2D eigenvalue weighted by atomic mass is 16.5. The van der Waals surface area contributed by atoms with Gasteiger partial charge in [-0.2, -0.15) is 0 Å². The van der Waals surface area contributed by atoms with Gasteiger partial charge in [-0.1, -0.05) is 19.8 Å². The average Bonchev–Trinajstić information content (AvgIpc) is 2.31. The molecule has 0 radical (unpaired) electrons. The third-order valence-corrected chi connectivity index (χ3v) is 4.71. The van der Waals surface area contributed by atoms with Crippen LogP contribution in [0.25, 0.3) is 0 Å². The van der Waals surface area contributed by atoms with Crippen molar-refractivity contribution in [2.75, 3.05) is 6.61 Å². The van der Waals surface area contributed by atoms with Crippen LogP contribution in [-0.4, -0.2) is 24.3 Å². The first kappa shape index (κ1) is 14.3. The summed E-state index contributed by atoms with van der Waals surface area (Å²) in [5.41, 5.74) is 0.0787. The summed E-state index contributed by atoms with van der Waals surface area (Å²) >= 11 is 0. The van der Waals surface area contributed by atoms with Crippen LogP contribution in [0.1, 0.15) is 72.1 Å². The number of hydrogen-bond acceptors (Lipinski definition) is 2. The van der Waals surface area contributed by atoms with Crippen LogP contribution in [0.3, 0.4) is 0 Å². The molecule has 0 bridgehead atoms. The lowest BCUT2D eigenvalue weighted by molar-refractivity contribution is -0.0647. The maximum Gasteiger partial charge on any atom is 0.0641 e. The topological polar surface area (TPSA) is 21.3 Å². The molecule has 106 valence electrons. The van der Waals surface area contributed by atoms with Gasteiger partial charge in [-0.25, -0.2) is 0 Å². The fraction of sp³-hybridized carbons (Fsp3) is 1.00. The number of ether oxygens (including phenoxy) is 1. The van der Waals surface area contributed by atoms with Crippen molar-refractivity contribution in [3.63, 3.8) is 0 Å². The van der Waals surface area contributed by atoms with Crippen molar-refractivity contribution in [1.82, 2.24) is 5.32 Å². The molecule has 1 aliphatic carbocycles. The molecule has 0 amide bonds. The minimum Gasteiger partial charge on any atom is -0.375 e. The number of hydrogen-bond donors (Lipinski definition) is 1. The second-order valence-electron chi connectivity index (χ2n) is 6.97. The minimum absolute atomic E-state index is 0.0787. The Morgan fingerprint density at radius 1 is 1.06 bits per heavy atom. The first-order chi connectivity index (χ1) is 8.59. The molecule has 1 unspecified atom stereocenters. The van der Waals surface area contributed by atoms with Crippen LogP contribution in [-0.2, 0) is 4.74 Å². The van der Waals surface area contributed by atoms with Gasteiger partial charge in [0.05, 0.1) is 5.60 Å². The predicted octanol–water partition coefficient (Wildman–Crippen LogP) is 3.89. The molecule has 2 heteroatoms. The van der Waals surface area contributed by atoms with Crippen LogP contribution in [0, 0.1) is 5.92 Å². The quantitative estimate of drug-likeness (QED) is 0.820. The molecule has 0 aromatic heterocycles. The van der Waals surface area contributed by atoms with Crippen molar-refractivity contribution in [1.29, 1.82) is 0 Å². The molecule has 2 fully saturated rings. The second kappa shape index (κ2) is 6.38. The lowest BCUT2D eigenvalue weighted by Crippen LogP contribution is -2.48. The zero-order valence-corrected chi connectivity index (χ0v) is 12.5. The summed E-state index contributed by atoms with van der Waals surface area (Å²) in [6, 6.07) is 1.46. The Bertz CT molecular complexity index is 243.